The third-order valence-electron chi connectivity index (χ3n) is 8.90. The smallest absolute Gasteiger partial charge is 0.227 e. The number of anilines is 3. The van der Waals surface area contributed by atoms with Gasteiger partial charge in [0, 0.05) is 34.8 Å². The zero-order valence-corrected chi connectivity index (χ0v) is 22.4. The first kappa shape index (κ1) is 26.7. The lowest BCUT2D eigenvalue weighted by Gasteiger charge is -2.27. The van der Waals surface area contributed by atoms with Gasteiger partial charge in [-0.2, -0.15) is 0 Å². The van der Waals surface area contributed by atoms with Crippen molar-refractivity contribution >= 4 is 34.8 Å². The molecule has 1 aromatic carbocycles. The van der Waals surface area contributed by atoms with Crippen molar-refractivity contribution in [3.8, 4) is 0 Å². The second-order valence-electron chi connectivity index (χ2n) is 12.1. The first-order valence-corrected chi connectivity index (χ1v) is 14.3. The first-order valence-electron chi connectivity index (χ1n) is 14.3. The Hall–Kier alpha value is -2.37. The lowest BCUT2D eigenvalue weighted by molar-refractivity contribution is -0.121. The van der Waals surface area contributed by atoms with Crippen LogP contribution in [0.15, 0.2) is 18.2 Å². The van der Waals surface area contributed by atoms with Gasteiger partial charge >= 0.3 is 0 Å². The van der Waals surface area contributed by atoms with Crippen LogP contribution < -0.4 is 16.0 Å². The maximum atomic E-state index is 13.0. The minimum Gasteiger partial charge on any atom is -0.326 e. The van der Waals surface area contributed by atoms with E-state index in [2.05, 4.69) is 36.7 Å². The molecule has 3 aliphatic carbocycles. The summed E-state index contributed by atoms with van der Waals surface area (Å²) >= 11 is 0. The van der Waals surface area contributed by atoms with E-state index in [4.69, 9.17) is 0 Å². The van der Waals surface area contributed by atoms with E-state index in [-0.39, 0.29) is 35.5 Å². The Bertz CT molecular complexity index is 790. The van der Waals surface area contributed by atoms with Gasteiger partial charge in [-0.25, -0.2) is 0 Å². The highest BCUT2D eigenvalue weighted by Gasteiger charge is 2.27. The van der Waals surface area contributed by atoms with E-state index in [0.717, 1.165) is 77.0 Å². The minimum atomic E-state index is 0.0194. The Balaban J connectivity index is 1.47. The summed E-state index contributed by atoms with van der Waals surface area (Å²) in [5.74, 6) is 2.20. The van der Waals surface area contributed by atoms with Gasteiger partial charge in [-0.05, 0) is 113 Å². The normalized spacial score (nSPS) is 30.8. The van der Waals surface area contributed by atoms with Crippen LogP contribution >= 0.6 is 0 Å². The SMILES string of the molecule is CC1CCC(C(=O)Nc2cc(NC(=O)C3CCC(C)CC3)cc(NC(=O)C3CCC(C)CC3)c2)CC1. The van der Waals surface area contributed by atoms with Crippen LogP contribution in [0.1, 0.15) is 97.8 Å². The van der Waals surface area contributed by atoms with Gasteiger partial charge in [0.1, 0.15) is 0 Å². The molecule has 3 N–H and O–H groups in total. The zero-order valence-electron chi connectivity index (χ0n) is 22.4. The predicted molar refractivity (Wildman–Crippen MR) is 146 cm³/mol. The van der Waals surface area contributed by atoms with Crippen molar-refractivity contribution in [2.75, 3.05) is 16.0 Å². The van der Waals surface area contributed by atoms with Gasteiger partial charge in [0.25, 0.3) is 0 Å². The minimum absolute atomic E-state index is 0.0194. The molecule has 3 saturated carbocycles. The van der Waals surface area contributed by atoms with Crippen LogP contribution in [0.25, 0.3) is 0 Å². The fourth-order valence-electron chi connectivity index (χ4n) is 6.14. The third kappa shape index (κ3) is 7.33. The van der Waals surface area contributed by atoms with Crippen LogP contribution in [0.5, 0.6) is 0 Å². The monoisotopic (exact) mass is 495 g/mol. The molecule has 0 aromatic heterocycles. The molecule has 0 aliphatic heterocycles. The second-order valence-corrected chi connectivity index (χ2v) is 12.1. The van der Waals surface area contributed by atoms with Crippen molar-refractivity contribution in [2.45, 2.75) is 97.8 Å². The van der Waals surface area contributed by atoms with Crippen LogP contribution in [0.3, 0.4) is 0 Å². The number of benzene rings is 1. The van der Waals surface area contributed by atoms with Crippen molar-refractivity contribution in [1.82, 2.24) is 0 Å². The molecular weight excluding hydrogens is 450 g/mol. The van der Waals surface area contributed by atoms with Gasteiger partial charge in [-0.15, -0.1) is 0 Å². The summed E-state index contributed by atoms with van der Waals surface area (Å²) in [6.07, 6.45) is 11.9. The molecular formula is C30H45N3O3. The molecule has 0 unspecified atom stereocenters. The van der Waals surface area contributed by atoms with Crippen molar-refractivity contribution < 1.29 is 14.4 Å². The highest BCUT2D eigenvalue weighted by molar-refractivity contribution is 5.99. The number of rotatable bonds is 6. The maximum Gasteiger partial charge on any atom is 0.227 e. The molecule has 198 valence electrons. The van der Waals surface area contributed by atoms with Gasteiger partial charge < -0.3 is 16.0 Å². The number of hydrogen-bond donors (Lipinski definition) is 3. The van der Waals surface area contributed by atoms with Crippen molar-refractivity contribution in [2.24, 2.45) is 35.5 Å². The molecule has 0 atom stereocenters. The average Bonchev–Trinajstić information content (AvgIpc) is 2.85. The van der Waals surface area contributed by atoms with Crippen LogP contribution in [0.4, 0.5) is 17.1 Å². The van der Waals surface area contributed by atoms with Gasteiger partial charge in [0.15, 0.2) is 0 Å². The topological polar surface area (TPSA) is 87.3 Å². The Morgan fingerprint density at radius 1 is 0.472 bits per heavy atom. The lowest BCUT2D eigenvalue weighted by Crippen LogP contribution is -2.28. The second kappa shape index (κ2) is 12.2. The van der Waals surface area contributed by atoms with Gasteiger partial charge in [-0.1, -0.05) is 20.8 Å². The number of amides is 3. The quantitative estimate of drug-likeness (QED) is 0.398. The fraction of sp³-hybridized carbons (Fsp3) is 0.700. The Morgan fingerprint density at radius 3 is 0.917 bits per heavy atom. The molecule has 0 saturated heterocycles. The number of nitrogens with one attached hydrogen (secondary N) is 3. The largest absolute Gasteiger partial charge is 0.326 e. The van der Waals surface area contributed by atoms with E-state index in [9.17, 15) is 14.4 Å². The van der Waals surface area contributed by atoms with E-state index in [1.165, 1.54) is 0 Å². The summed E-state index contributed by atoms with van der Waals surface area (Å²) in [6.45, 7) is 6.74. The Labute approximate surface area is 216 Å². The molecule has 0 bridgehead atoms. The maximum absolute atomic E-state index is 13.0. The molecule has 3 aliphatic rings. The summed E-state index contributed by atoms with van der Waals surface area (Å²) in [5.41, 5.74) is 1.88. The molecule has 6 heteroatoms. The molecule has 3 fully saturated rings. The Morgan fingerprint density at radius 2 is 0.694 bits per heavy atom. The number of carbonyl (C=O) groups is 3. The lowest BCUT2D eigenvalue weighted by atomic mass is 9.82. The highest BCUT2D eigenvalue weighted by atomic mass is 16.2. The molecule has 1 aromatic rings. The van der Waals surface area contributed by atoms with Crippen molar-refractivity contribution in [1.29, 1.82) is 0 Å². The van der Waals surface area contributed by atoms with Crippen molar-refractivity contribution in [3.63, 3.8) is 0 Å². The molecule has 0 radical (unpaired) electrons. The van der Waals surface area contributed by atoms with E-state index >= 15 is 0 Å². The van der Waals surface area contributed by atoms with Crippen LogP contribution in [0, 0.1) is 35.5 Å². The average molecular weight is 496 g/mol. The van der Waals surface area contributed by atoms with Crippen LogP contribution in [0.2, 0.25) is 0 Å². The summed E-state index contributed by atoms with van der Waals surface area (Å²) in [6, 6.07) is 5.47. The van der Waals surface area contributed by atoms with Gasteiger partial charge in [0.05, 0.1) is 0 Å². The highest BCUT2D eigenvalue weighted by Crippen LogP contribution is 2.33. The van der Waals surface area contributed by atoms with E-state index in [0.29, 0.717) is 34.8 Å². The molecule has 0 heterocycles. The molecule has 36 heavy (non-hydrogen) atoms. The van der Waals surface area contributed by atoms with E-state index in [1.807, 2.05) is 18.2 Å². The summed E-state index contributed by atoms with van der Waals surface area (Å²) < 4.78 is 0. The van der Waals surface area contributed by atoms with Crippen molar-refractivity contribution in [3.05, 3.63) is 18.2 Å². The Kier molecular flexibility index (Phi) is 9.08. The fourth-order valence-corrected chi connectivity index (χ4v) is 6.14. The van der Waals surface area contributed by atoms with E-state index in [1.54, 1.807) is 0 Å². The molecule has 0 spiro atoms. The zero-order chi connectivity index (χ0) is 25.7. The van der Waals surface area contributed by atoms with E-state index < -0.39 is 0 Å². The van der Waals surface area contributed by atoms with Gasteiger partial charge in [0.2, 0.25) is 17.7 Å². The first-order chi connectivity index (χ1) is 17.3. The number of carbonyl (C=O) groups excluding carboxylic acids is 3. The summed E-state index contributed by atoms with van der Waals surface area (Å²) in [7, 11) is 0. The van der Waals surface area contributed by atoms with Crippen LogP contribution in [-0.2, 0) is 14.4 Å². The molecule has 4 rings (SSSR count). The summed E-state index contributed by atoms with van der Waals surface area (Å²) in [4.78, 5) is 39.0. The molecule has 6 nitrogen and oxygen atoms in total. The molecule has 3 amide bonds. The van der Waals surface area contributed by atoms with Crippen LogP contribution in [-0.4, -0.2) is 17.7 Å². The predicted octanol–water partition coefficient (Wildman–Crippen LogP) is 6.98. The third-order valence-corrected chi connectivity index (χ3v) is 8.90. The van der Waals surface area contributed by atoms with Gasteiger partial charge in [-0.3, -0.25) is 14.4 Å². The number of hydrogen-bond acceptors (Lipinski definition) is 3. The summed E-state index contributed by atoms with van der Waals surface area (Å²) in [5, 5.41) is 9.25. The standard InChI is InChI=1S/C30H45N3O3/c1-19-4-10-22(11-5-19)28(34)31-25-16-26(32-29(35)23-12-6-20(2)7-13-23)18-27(17-25)33-30(36)24-14-8-21(3)9-15-24/h16-24H,4-15H2,1-3H3,(H,31,34)(H,32,35)(H,33,36).